The lowest BCUT2D eigenvalue weighted by Gasteiger charge is -2.12. The number of benzene rings is 1. The van der Waals surface area contributed by atoms with Gasteiger partial charge in [0.1, 0.15) is 0 Å². The lowest BCUT2D eigenvalue weighted by atomic mass is 10.2. The van der Waals surface area contributed by atoms with Gasteiger partial charge >= 0.3 is 0 Å². The minimum Gasteiger partial charge on any atom is -0.392 e. The third-order valence-corrected chi connectivity index (χ3v) is 4.24. The van der Waals surface area contributed by atoms with Crippen LogP contribution in [0.25, 0.3) is 0 Å². The first kappa shape index (κ1) is 15.4. The number of nitrogens with one attached hydrogen (secondary N) is 1. The van der Waals surface area contributed by atoms with Crippen LogP contribution in [0.5, 0.6) is 0 Å². The van der Waals surface area contributed by atoms with E-state index in [-0.39, 0.29) is 29.2 Å². The molecule has 0 saturated carbocycles. The van der Waals surface area contributed by atoms with Crippen molar-refractivity contribution in [3.05, 3.63) is 28.8 Å². The molecular weight excluding hydrogens is 278 g/mol. The number of sulfonamides is 1. The standard InChI is InChI=1S/C11H16ClNO4S/c1-8(17-2)6-13-18(15,16)10-4-3-9(7-14)11(12)5-10/h3-5,8,13-14H,6-7H2,1-2H3. The maximum atomic E-state index is 11.9. The predicted octanol–water partition coefficient (Wildman–Crippen LogP) is 1.15. The fourth-order valence-electron chi connectivity index (χ4n) is 1.22. The summed E-state index contributed by atoms with van der Waals surface area (Å²) in [4.78, 5) is 0.0630. The van der Waals surface area contributed by atoms with Gasteiger partial charge in [0.25, 0.3) is 0 Å². The molecular formula is C11H16ClNO4S. The lowest BCUT2D eigenvalue weighted by Crippen LogP contribution is -2.31. The number of methoxy groups -OCH3 is 1. The van der Waals surface area contributed by atoms with Crippen LogP contribution in [0, 0.1) is 0 Å². The number of hydrogen-bond donors (Lipinski definition) is 2. The highest BCUT2D eigenvalue weighted by Gasteiger charge is 2.16. The average molecular weight is 294 g/mol. The van der Waals surface area contributed by atoms with E-state index in [0.717, 1.165) is 0 Å². The molecule has 1 rings (SSSR count). The Bertz CT molecular complexity index is 504. The molecule has 0 spiro atoms. The molecule has 0 fully saturated rings. The maximum absolute atomic E-state index is 11.9. The van der Waals surface area contributed by atoms with Gasteiger partial charge in [0.05, 0.1) is 17.6 Å². The van der Waals surface area contributed by atoms with Crippen LogP contribution in [0.3, 0.4) is 0 Å². The molecule has 0 heterocycles. The normalized spacial score (nSPS) is 13.6. The molecule has 5 nitrogen and oxygen atoms in total. The van der Waals surface area contributed by atoms with E-state index in [0.29, 0.717) is 5.56 Å². The fourth-order valence-corrected chi connectivity index (χ4v) is 2.66. The summed E-state index contributed by atoms with van der Waals surface area (Å²) in [6.45, 7) is 1.70. The Hall–Kier alpha value is -0.660. The van der Waals surface area contributed by atoms with E-state index in [2.05, 4.69) is 4.72 Å². The van der Waals surface area contributed by atoms with Crippen molar-refractivity contribution in [1.82, 2.24) is 4.72 Å². The zero-order valence-corrected chi connectivity index (χ0v) is 11.8. The number of rotatable bonds is 6. The molecule has 0 bridgehead atoms. The third-order valence-electron chi connectivity index (χ3n) is 2.47. The van der Waals surface area contributed by atoms with Gasteiger partial charge in [0.15, 0.2) is 0 Å². The number of halogens is 1. The summed E-state index contributed by atoms with van der Waals surface area (Å²) in [5.41, 5.74) is 0.487. The van der Waals surface area contributed by atoms with Crippen molar-refractivity contribution in [1.29, 1.82) is 0 Å². The van der Waals surface area contributed by atoms with Crippen molar-refractivity contribution in [3.8, 4) is 0 Å². The lowest BCUT2D eigenvalue weighted by molar-refractivity contribution is 0.122. The highest BCUT2D eigenvalue weighted by molar-refractivity contribution is 7.89. The summed E-state index contributed by atoms with van der Waals surface area (Å²) in [5.74, 6) is 0. The molecule has 7 heteroatoms. The average Bonchev–Trinajstić information content (AvgIpc) is 2.35. The van der Waals surface area contributed by atoms with Crippen LogP contribution in [-0.4, -0.2) is 33.3 Å². The van der Waals surface area contributed by atoms with E-state index in [9.17, 15) is 8.42 Å². The summed E-state index contributed by atoms with van der Waals surface area (Å²) in [6.07, 6.45) is -0.216. The first-order valence-corrected chi connectivity index (χ1v) is 7.18. The Kier molecular flexibility index (Phi) is 5.55. The van der Waals surface area contributed by atoms with E-state index in [1.807, 2.05) is 0 Å². The minimum atomic E-state index is -3.61. The third kappa shape index (κ3) is 3.93. The van der Waals surface area contributed by atoms with Gasteiger partial charge in [-0.25, -0.2) is 13.1 Å². The first-order chi connectivity index (χ1) is 8.40. The van der Waals surface area contributed by atoms with Crippen LogP contribution in [0.4, 0.5) is 0 Å². The van der Waals surface area contributed by atoms with Gasteiger partial charge in [-0.15, -0.1) is 0 Å². The fraction of sp³-hybridized carbons (Fsp3) is 0.455. The summed E-state index contributed by atoms with van der Waals surface area (Å²) < 4.78 is 31.2. The molecule has 1 atom stereocenters. The molecule has 0 aliphatic heterocycles. The van der Waals surface area contributed by atoms with Crippen LogP contribution in [0.2, 0.25) is 5.02 Å². The summed E-state index contributed by atoms with van der Waals surface area (Å²) in [6, 6.07) is 4.20. The van der Waals surface area contributed by atoms with Gasteiger partial charge in [0, 0.05) is 18.7 Å². The second kappa shape index (κ2) is 6.49. The molecule has 0 saturated heterocycles. The monoisotopic (exact) mass is 293 g/mol. The number of aliphatic hydroxyl groups excluding tert-OH is 1. The molecule has 1 aromatic carbocycles. The smallest absolute Gasteiger partial charge is 0.240 e. The van der Waals surface area contributed by atoms with Crippen LogP contribution in [0.15, 0.2) is 23.1 Å². The van der Waals surface area contributed by atoms with Crippen LogP contribution in [0.1, 0.15) is 12.5 Å². The molecule has 102 valence electrons. The van der Waals surface area contributed by atoms with E-state index >= 15 is 0 Å². The predicted molar refractivity (Wildman–Crippen MR) is 69.0 cm³/mol. The minimum absolute atomic E-state index is 0.0630. The van der Waals surface area contributed by atoms with Crippen LogP contribution >= 0.6 is 11.6 Å². The van der Waals surface area contributed by atoms with Gasteiger partial charge in [-0.1, -0.05) is 17.7 Å². The summed E-state index contributed by atoms with van der Waals surface area (Å²) in [7, 11) is -2.10. The number of aliphatic hydroxyl groups is 1. The zero-order chi connectivity index (χ0) is 13.8. The van der Waals surface area contributed by atoms with Crippen molar-refractivity contribution in [2.24, 2.45) is 0 Å². The van der Waals surface area contributed by atoms with Gasteiger partial charge < -0.3 is 9.84 Å². The second-order valence-electron chi connectivity index (χ2n) is 3.81. The van der Waals surface area contributed by atoms with Crippen molar-refractivity contribution in [3.63, 3.8) is 0 Å². The van der Waals surface area contributed by atoms with Gasteiger partial charge in [-0.3, -0.25) is 0 Å². The van der Waals surface area contributed by atoms with Crippen molar-refractivity contribution in [2.75, 3.05) is 13.7 Å². The topological polar surface area (TPSA) is 75.6 Å². The molecule has 0 aliphatic carbocycles. The molecule has 0 radical (unpaired) electrons. The first-order valence-electron chi connectivity index (χ1n) is 5.32. The van der Waals surface area contributed by atoms with Crippen LogP contribution in [-0.2, 0) is 21.4 Å². The highest BCUT2D eigenvalue weighted by atomic mass is 35.5. The van der Waals surface area contributed by atoms with E-state index < -0.39 is 10.0 Å². The summed E-state index contributed by atoms with van der Waals surface area (Å²) >= 11 is 5.85. The van der Waals surface area contributed by atoms with E-state index in [4.69, 9.17) is 21.4 Å². The van der Waals surface area contributed by atoms with Gasteiger partial charge in [0.2, 0.25) is 10.0 Å². The largest absolute Gasteiger partial charge is 0.392 e. The van der Waals surface area contributed by atoms with E-state index in [1.54, 1.807) is 6.92 Å². The Balaban J connectivity index is 2.88. The van der Waals surface area contributed by atoms with Crippen LogP contribution < -0.4 is 4.72 Å². The Labute approximate surface area is 112 Å². The van der Waals surface area contributed by atoms with E-state index in [1.165, 1.54) is 25.3 Å². The van der Waals surface area contributed by atoms with Crippen molar-refractivity contribution >= 4 is 21.6 Å². The molecule has 1 unspecified atom stereocenters. The molecule has 18 heavy (non-hydrogen) atoms. The molecule has 0 amide bonds. The number of ether oxygens (including phenoxy) is 1. The molecule has 2 N–H and O–H groups in total. The molecule has 0 aliphatic rings. The SMILES string of the molecule is COC(C)CNS(=O)(=O)c1ccc(CO)c(Cl)c1. The van der Waals surface area contributed by atoms with Crippen molar-refractivity contribution in [2.45, 2.75) is 24.5 Å². The Morgan fingerprint density at radius 2 is 2.17 bits per heavy atom. The van der Waals surface area contributed by atoms with Gasteiger partial charge in [-0.2, -0.15) is 0 Å². The van der Waals surface area contributed by atoms with Crippen molar-refractivity contribution < 1.29 is 18.3 Å². The van der Waals surface area contributed by atoms with Gasteiger partial charge in [-0.05, 0) is 24.6 Å². The number of hydrogen-bond acceptors (Lipinski definition) is 4. The highest BCUT2D eigenvalue weighted by Crippen LogP contribution is 2.20. The summed E-state index contributed by atoms with van der Waals surface area (Å²) in [5, 5.41) is 9.18. The second-order valence-corrected chi connectivity index (χ2v) is 5.98. The Morgan fingerprint density at radius 3 is 2.67 bits per heavy atom. The maximum Gasteiger partial charge on any atom is 0.240 e. The molecule has 0 aromatic heterocycles. The zero-order valence-electron chi connectivity index (χ0n) is 10.2. The Morgan fingerprint density at radius 1 is 1.50 bits per heavy atom. The molecule has 1 aromatic rings. The quantitative estimate of drug-likeness (QED) is 0.825.